The third kappa shape index (κ3) is 6.54. The van der Waals surface area contributed by atoms with E-state index in [4.69, 9.17) is 9.47 Å². The van der Waals surface area contributed by atoms with Crippen LogP contribution in [-0.4, -0.2) is 15.5 Å². The normalized spacial score (nSPS) is 10.7. The third-order valence-electron chi connectivity index (χ3n) is 5.23. The van der Waals surface area contributed by atoms with Gasteiger partial charge in [0, 0.05) is 31.5 Å². The summed E-state index contributed by atoms with van der Waals surface area (Å²) in [6, 6.07) is 25.3. The molecule has 6 heteroatoms. The highest BCUT2D eigenvalue weighted by molar-refractivity contribution is 5.94. The maximum Gasteiger partial charge on any atom is 0.251 e. The molecule has 1 amide bonds. The van der Waals surface area contributed by atoms with Gasteiger partial charge in [0.05, 0.1) is 13.2 Å². The molecule has 0 bridgehead atoms. The summed E-state index contributed by atoms with van der Waals surface area (Å²) in [6.07, 6.45) is 3.61. The minimum atomic E-state index is -0.128. The van der Waals surface area contributed by atoms with Crippen molar-refractivity contribution in [1.82, 2.24) is 14.9 Å². The number of hydrogen-bond donors (Lipinski definition) is 1. The predicted molar refractivity (Wildman–Crippen MR) is 127 cm³/mol. The molecule has 0 aliphatic rings. The van der Waals surface area contributed by atoms with Gasteiger partial charge in [-0.2, -0.15) is 0 Å². The molecule has 4 rings (SSSR count). The Balaban J connectivity index is 1.24. The molecule has 0 aliphatic heterocycles. The summed E-state index contributed by atoms with van der Waals surface area (Å²) in [5.74, 6) is 1.40. The molecule has 0 radical (unpaired) electrons. The number of aromatic nitrogens is 2. The van der Waals surface area contributed by atoms with Crippen molar-refractivity contribution in [2.75, 3.05) is 0 Å². The second kappa shape index (κ2) is 11.1. The Hall–Kier alpha value is -3.90. The van der Waals surface area contributed by atoms with Crippen LogP contribution in [0.3, 0.4) is 0 Å². The highest BCUT2D eigenvalue weighted by Gasteiger charge is 2.07. The van der Waals surface area contributed by atoms with E-state index in [-0.39, 0.29) is 5.91 Å². The van der Waals surface area contributed by atoms with Crippen LogP contribution in [0.15, 0.2) is 91.3 Å². The molecule has 0 fully saturated rings. The van der Waals surface area contributed by atoms with Crippen LogP contribution in [0.5, 0.6) is 5.75 Å². The van der Waals surface area contributed by atoms with Crippen molar-refractivity contribution in [2.45, 2.75) is 26.4 Å². The highest BCUT2D eigenvalue weighted by Crippen LogP contribution is 2.14. The molecular formula is C27H27N3O3. The Kier molecular flexibility index (Phi) is 7.51. The van der Waals surface area contributed by atoms with Crippen molar-refractivity contribution in [3.8, 4) is 5.75 Å². The molecule has 6 nitrogen and oxygen atoms in total. The van der Waals surface area contributed by atoms with E-state index in [0.29, 0.717) is 37.7 Å². The van der Waals surface area contributed by atoms with Crippen molar-refractivity contribution in [2.24, 2.45) is 7.05 Å². The summed E-state index contributed by atoms with van der Waals surface area (Å²) < 4.78 is 13.5. The van der Waals surface area contributed by atoms with Crippen LogP contribution >= 0.6 is 0 Å². The molecule has 0 unspecified atom stereocenters. The van der Waals surface area contributed by atoms with Gasteiger partial charge in [-0.3, -0.25) is 4.79 Å². The van der Waals surface area contributed by atoms with Gasteiger partial charge >= 0.3 is 0 Å². The summed E-state index contributed by atoms with van der Waals surface area (Å²) in [4.78, 5) is 16.8. The number of carbonyl (C=O) groups excluding carboxylic acids is 1. The Morgan fingerprint density at radius 2 is 1.61 bits per heavy atom. The largest absolute Gasteiger partial charge is 0.486 e. The van der Waals surface area contributed by atoms with Gasteiger partial charge in [-0.1, -0.05) is 54.6 Å². The zero-order valence-electron chi connectivity index (χ0n) is 18.6. The monoisotopic (exact) mass is 441 g/mol. The minimum absolute atomic E-state index is 0.128. The second-order valence-electron chi connectivity index (χ2n) is 7.75. The van der Waals surface area contributed by atoms with E-state index in [1.807, 2.05) is 66.3 Å². The van der Waals surface area contributed by atoms with Crippen molar-refractivity contribution in [1.29, 1.82) is 0 Å². The van der Waals surface area contributed by atoms with Crippen molar-refractivity contribution < 1.29 is 14.3 Å². The molecule has 1 N–H and O–H groups in total. The summed E-state index contributed by atoms with van der Waals surface area (Å²) in [5.41, 5.74) is 3.83. The van der Waals surface area contributed by atoms with Crippen LogP contribution in [0, 0.1) is 0 Å². The lowest BCUT2D eigenvalue weighted by Crippen LogP contribution is -2.22. The Morgan fingerprint density at radius 1 is 0.879 bits per heavy atom. The summed E-state index contributed by atoms with van der Waals surface area (Å²) in [6.45, 7) is 1.92. The van der Waals surface area contributed by atoms with E-state index in [1.165, 1.54) is 0 Å². The van der Waals surface area contributed by atoms with Crippen LogP contribution in [0.25, 0.3) is 0 Å². The third-order valence-corrected chi connectivity index (χ3v) is 5.23. The fraction of sp³-hybridized carbons (Fsp3) is 0.185. The van der Waals surface area contributed by atoms with E-state index >= 15 is 0 Å². The zero-order valence-corrected chi connectivity index (χ0v) is 18.6. The summed E-state index contributed by atoms with van der Waals surface area (Å²) in [5, 5.41) is 2.97. The number of amides is 1. The summed E-state index contributed by atoms with van der Waals surface area (Å²) in [7, 11) is 1.92. The predicted octanol–water partition coefficient (Wildman–Crippen LogP) is 4.65. The van der Waals surface area contributed by atoms with E-state index in [9.17, 15) is 4.79 Å². The minimum Gasteiger partial charge on any atom is -0.486 e. The number of nitrogens with zero attached hydrogens (tertiary/aromatic N) is 2. The van der Waals surface area contributed by atoms with Gasteiger partial charge in [0.1, 0.15) is 18.2 Å². The van der Waals surface area contributed by atoms with Gasteiger partial charge in [-0.25, -0.2) is 4.98 Å². The number of ether oxygens (including phenoxy) is 2. The number of nitrogens with one attached hydrogen (secondary N) is 1. The van der Waals surface area contributed by atoms with Gasteiger partial charge < -0.3 is 19.4 Å². The molecule has 4 aromatic rings. The maximum atomic E-state index is 12.5. The Morgan fingerprint density at radius 3 is 2.36 bits per heavy atom. The van der Waals surface area contributed by atoms with Crippen LogP contribution in [-0.2, 0) is 38.1 Å². The first-order valence-corrected chi connectivity index (χ1v) is 10.8. The lowest BCUT2D eigenvalue weighted by atomic mass is 10.1. The molecule has 168 valence electrons. The van der Waals surface area contributed by atoms with E-state index in [2.05, 4.69) is 16.4 Å². The molecular weight excluding hydrogens is 414 g/mol. The molecule has 0 aliphatic carbocycles. The molecule has 1 heterocycles. The standard InChI is InChI=1S/C27H27N3O3/c1-30-15-14-28-26(30)20-33-25-12-10-24(11-13-25)27(31)29-17-22-8-5-9-23(16-22)19-32-18-21-6-3-2-4-7-21/h2-16H,17-20H2,1H3,(H,29,31). The fourth-order valence-electron chi connectivity index (χ4n) is 3.36. The van der Waals surface area contributed by atoms with Gasteiger partial charge in [-0.05, 0) is 41.0 Å². The van der Waals surface area contributed by atoms with E-state index in [1.54, 1.807) is 30.5 Å². The fourth-order valence-corrected chi connectivity index (χ4v) is 3.36. The first-order chi connectivity index (χ1) is 16.2. The number of imidazole rings is 1. The number of aryl methyl sites for hydroxylation is 1. The molecule has 33 heavy (non-hydrogen) atoms. The van der Waals surface area contributed by atoms with E-state index < -0.39 is 0 Å². The molecule has 0 saturated heterocycles. The maximum absolute atomic E-state index is 12.5. The van der Waals surface area contributed by atoms with Crippen molar-refractivity contribution in [3.63, 3.8) is 0 Å². The highest BCUT2D eigenvalue weighted by atomic mass is 16.5. The van der Waals surface area contributed by atoms with Gasteiger partial charge in [0.2, 0.25) is 0 Å². The number of carbonyl (C=O) groups is 1. The lowest BCUT2D eigenvalue weighted by molar-refractivity contribution is 0.0950. The van der Waals surface area contributed by atoms with Gasteiger partial charge in [0.15, 0.2) is 0 Å². The number of rotatable bonds is 10. The molecule has 0 spiro atoms. The number of hydrogen-bond acceptors (Lipinski definition) is 4. The first-order valence-electron chi connectivity index (χ1n) is 10.8. The molecule has 1 aromatic heterocycles. The molecule has 0 atom stereocenters. The van der Waals surface area contributed by atoms with Crippen LogP contribution in [0.1, 0.15) is 32.9 Å². The SMILES string of the molecule is Cn1ccnc1COc1ccc(C(=O)NCc2cccc(COCc3ccccc3)c2)cc1. The van der Waals surface area contributed by atoms with Gasteiger partial charge in [0.25, 0.3) is 5.91 Å². The quantitative estimate of drug-likeness (QED) is 0.389. The Bertz CT molecular complexity index is 1170. The van der Waals surface area contributed by atoms with Gasteiger partial charge in [-0.15, -0.1) is 0 Å². The van der Waals surface area contributed by atoms with Crippen molar-refractivity contribution >= 4 is 5.91 Å². The second-order valence-corrected chi connectivity index (χ2v) is 7.75. The Labute approximate surface area is 193 Å². The van der Waals surface area contributed by atoms with Crippen molar-refractivity contribution in [3.05, 3.63) is 119 Å². The van der Waals surface area contributed by atoms with Crippen LogP contribution in [0.2, 0.25) is 0 Å². The smallest absolute Gasteiger partial charge is 0.251 e. The number of benzene rings is 3. The molecule has 3 aromatic carbocycles. The average Bonchev–Trinajstić information content (AvgIpc) is 3.27. The summed E-state index contributed by atoms with van der Waals surface area (Å²) >= 11 is 0. The first kappa shape index (κ1) is 22.3. The van der Waals surface area contributed by atoms with E-state index in [0.717, 1.165) is 22.5 Å². The van der Waals surface area contributed by atoms with Crippen LogP contribution < -0.4 is 10.1 Å². The van der Waals surface area contributed by atoms with Crippen LogP contribution in [0.4, 0.5) is 0 Å². The lowest BCUT2D eigenvalue weighted by Gasteiger charge is -2.09. The topological polar surface area (TPSA) is 65.4 Å². The zero-order chi connectivity index (χ0) is 22.9. The average molecular weight is 442 g/mol. The molecule has 0 saturated carbocycles.